The molecule has 8 nitrogen and oxygen atoms in total. The number of carboxylic acids is 2. The number of aliphatic carboxylic acids is 1. The van der Waals surface area contributed by atoms with Crippen LogP contribution < -0.4 is 16.0 Å². The van der Waals surface area contributed by atoms with E-state index in [1.165, 1.54) is 6.07 Å². The zero-order valence-electron chi connectivity index (χ0n) is 13.0. The van der Waals surface area contributed by atoms with Crippen LogP contribution >= 0.6 is 0 Å². The van der Waals surface area contributed by atoms with Gasteiger partial charge in [-0.3, -0.25) is 0 Å². The molecule has 2 rings (SSSR count). The Kier molecular flexibility index (Phi) is 6.47. The molecule has 0 fully saturated rings. The summed E-state index contributed by atoms with van der Waals surface area (Å²) in [5.41, 5.74) is 1.52. The zero-order valence-corrected chi connectivity index (χ0v) is 13.0. The van der Waals surface area contributed by atoms with Crippen molar-refractivity contribution >= 4 is 11.9 Å². The van der Waals surface area contributed by atoms with Gasteiger partial charge in [-0.15, -0.1) is 0 Å². The summed E-state index contributed by atoms with van der Waals surface area (Å²) in [7, 11) is 0. The van der Waals surface area contributed by atoms with Gasteiger partial charge in [0.05, 0.1) is 5.69 Å². The third kappa shape index (κ3) is 5.49. The summed E-state index contributed by atoms with van der Waals surface area (Å²) in [5, 5.41) is 27.1. The van der Waals surface area contributed by atoms with Crippen molar-refractivity contribution in [2.75, 3.05) is 19.6 Å². The molecule has 0 aliphatic carbocycles. The highest BCUT2D eigenvalue weighted by atomic mass is 16.4. The molecule has 8 heteroatoms. The van der Waals surface area contributed by atoms with Crippen LogP contribution in [0.15, 0.2) is 42.1 Å². The van der Waals surface area contributed by atoms with Gasteiger partial charge in [-0.1, -0.05) is 18.2 Å². The topological polar surface area (TPSA) is 124 Å². The van der Waals surface area contributed by atoms with Crippen molar-refractivity contribution < 1.29 is 19.8 Å². The van der Waals surface area contributed by atoms with E-state index in [9.17, 15) is 9.59 Å². The second-order valence-electron chi connectivity index (χ2n) is 5.21. The Balaban J connectivity index is 1.63. The molecule has 0 amide bonds. The van der Waals surface area contributed by atoms with E-state index in [-0.39, 0.29) is 5.69 Å². The number of aromatic carboxylic acids is 1. The molecule has 1 aliphatic rings. The van der Waals surface area contributed by atoms with Gasteiger partial charge in [0.25, 0.3) is 0 Å². The fourth-order valence-corrected chi connectivity index (χ4v) is 2.15. The summed E-state index contributed by atoms with van der Waals surface area (Å²) in [5.74, 6) is -1.95. The third-order valence-corrected chi connectivity index (χ3v) is 3.33. The number of nitrogens with zero attached hydrogens (tertiary/aromatic N) is 1. The predicted molar refractivity (Wildman–Crippen MR) is 87.6 cm³/mol. The second-order valence-corrected chi connectivity index (χ2v) is 5.21. The molecule has 0 bridgehead atoms. The maximum atomic E-state index is 10.9. The number of hydrogen-bond acceptors (Lipinski definition) is 6. The van der Waals surface area contributed by atoms with Crippen molar-refractivity contribution in [3.63, 3.8) is 0 Å². The monoisotopic (exact) mass is 332 g/mol. The maximum Gasteiger partial charge on any atom is 0.354 e. The lowest BCUT2D eigenvalue weighted by Crippen LogP contribution is -2.39. The van der Waals surface area contributed by atoms with Gasteiger partial charge in [0.1, 0.15) is 11.7 Å². The van der Waals surface area contributed by atoms with Gasteiger partial charge in [-0.2, -0.15) is 0 Å². The quantitative estimate of drug-likeness (QED) is 0.399. The van der Waals surface area contributed by atoms with Crippen molar-refractivity contribution in [1.29, 1.82) is 0 Å². The van der Waals surface area contributed by atoms with Crippen molar-refractivity contribution in [3.05, 3.63) is 53.5 Å². The van der Waals surface area contributed by atoms with Gasteiger partial charge < -0.3 is 26.2 Å². The van der Waals surface area contributed by atoms with Crippen molar-refractivity contribution in [2.24, 2.45) is 0 Å². The smallest absolute Gasteiger partial charge is 0.354 e. The van der Waals surface area contributed by atoms with Crippen LogP contribution in [0.4, 0.5) is 0 Å². The standard InChI is InChI=1S/C16H20N4O4/c21-15(22)13-5-1-3-11(19-13)9-17-7-8-18-10-12-4-2-6-14(20-12)16(23)24/h1-6,13,17-19H,7-10H2,(H,21,22)(H,23,24). The summed E-state index contributed by atoms with van der Waals surface area (Å²) in [6.45, 7) is 2.37. The Labute approximate surface area is 139 Å². The molecule has 1 aromatic heterocycles. The number of carbonyl (C=O) groups is 2. The van der Waals surface area contributed by atoms with Crippen LogP contribution in [0.25, 0.3) is 0 Å². The van der Waals surface area contributed by atoms with E-state index < -0.39 is 18.0 Å². The summed E-state index contributed by atoms with van der Waals surface area (Å²) >= 11 is 0. The van der Waals surface area contributed by atoms with E-state index >= 15 is 0 Å². The van der Waals surface area contributed by atoms with Crippen LogP contribution in [0.5, 0.6) is 0 Å². The van der Waals surface area contributed by atoms with Gasteiger partial charge in [0, 0.05) is 31.9 Å². The first-order valence-corrected chi connectivity index (χ1v) is 7.53. The van der Waals surface area contributed by atoms with Crippen molar-refractivity contribution in [3.8, 4) is 0 Å². The minimum atomic E-state index is -1.04. The molecule has 1 unspecified atom stereocenters. The predicted octanol–water partition coefficient (Wildman–Crippen LogP) is -0.0445. The first-order valence-electron chi connectivity index (χ1n) is 7.53. The minimum absolute atomic E-state index is 0.0313. The Bertz CT molecular complexity index is 657. The highest BCUT2D eigenvalue weighted by Crippen LogP contribution is 2.02. The fraction of sp³-hybridized carbons (Fsp3) is 0.312. The molecule has 1 atom stereocenters. The number of nitrogens with one attached hydrogen (secondary N) is 3. The Hall–Kier alpha value is -2.71. The molecule has 2 heterocycles. The number of allylic oxidation sites excluding steroid dienone is 2. The van der Waals surface area contributed by atoms with Gasteiger partial charge >= 0.3 is 11.9 Å². The molecule has 1 aliphatic heterocycles. The SMILES string of the molecule is O=C(O)c1cccc(CNCCNCC2=CC=CC(C(=O)O)N2)n1. The van der Waals surface area contributed by atoms with Gasteiger partial charge in [-0.05, 0) is 18.2 Å². The molecule has 128 valence electrons. The fourth-order valence-electron chi connectivity index (χ4n) is 2.15. The number of hydrogen-bond donors (Lipinski definition) is 5. The van der Waals surface area contributed by atoms with Gasteiger partial charge in [-0.25, -0.2) is 14.6 Å². The number of pyridine rings is 1. The molecule has 0 radical (unpaired) electrons. The molecule has 0 saturated heterocycles. The molecule has 0 aromatic carbocycles. The lowest BCUT2D eigenvalue weighted by atomic mass is 10.2. The lowest BCUT2D eigenvalue weighted by Gasteiger charge is -2.18. The average molecular weight is 332 g/mol. The number of dihydropyridines is 1. The third-order valence-electron chi connectivity index (χ3n) is 3.33. The molecule has 5 N–H and O–H groups in total. The van der Waals surface area contributed by atoms with E-state index in [2.05, 4.69) is 20.9 Å². The van der Waals surface area contributed by atoms with E-state index in [0.717, 1.165) is 5.70 Å². The summed E-state index contributed by atoms with van der Waals surface area (Å²) in [6.07, 6.45) is 5.15. The normalized spacial score (nSPS) is 16.3. The average Bonchev–Trinajstić information content (AvgIpc) is 2.58. The maximum absolute atomic E-state index is 10.9. The molecular weight excluding hydrogens is 312 g/mol. The van der Waals surface area contributed by atoms with E-state index in [1.807, 2.05) is 6.08 Å². The van der Waals surface area contributed by atoms with Gasteiger partial charge in [0.2, 0.25) is 0 Å². The van der Waals surface area contributed by atoms with Crippen molar-refractivity contribution in [2.45, 2.75) is 12.6 Å². The van der Waals surface area contributed by atoms with Crippen LogP contribution in [0.3, 0.4) is 0 Å². The van der Waals surface area contributed by atoms with E-state index in [4.69, 9.17) is 10.2 Å². The molecule has 0 spiro atoms. The van der Waals surface area contributed by atoms with Crippen LogP contribution in [0.1, 0.15) is 16.2 Å². The van der Waals surface area contributed by atoms with Crippen molar-refractivity contribution in [1.82, 2.24) is 20.9 Å². The Morgan fingerprint density at radius 2 is 1.92 bits per heavy atom. The molecular formula is C16H20N4O4. The molecule has 0 saturated carbocycles. The number of carboxylic acid groups (broad SMARTS) is 2. The molecule has 24 heavy (non-hydrogen) atoms. The van der Waals surface area contributed by atoms with Crippen LogP contribution in [0.2, 0.25) is 0 Å². The summed E-state index contributed by atoms with van der Waals surface area (Å²) in [6, 6.07) is 4.20. The summed E-state index contributed by atoms with van der Waals surface area (Å²) < 4.78 is 0. The lowest BCUT2D eigenvalue weighted by molar-refractivity contribution is -0.138. The summed E-state index contributed by atoms with van der Waals surface area (Å²) in [4.78, 5) is 25.8. The number of aromatic nitrogens is 1. The van der Waals surface area contributed by atoms with E-state index in [1.54, 1.807) is 24.3 Å². The Morgan fingerprint density at radius 3 is 2.62 bits per heavy atom. The van der Waals surface area contributed by atoms with Crippen LogP contribution in [-0.2, 0) is 11.3 Å². The van der Waals surface area contributed by atoms with Crippen LogP contribution in [-0.4, -0.2) is 52.8 Å². The first kappa shape index (κ1) is 17.6. The minimum Gasteiger partial charge on any atom is -0.479 e. The second kappa shape index (κ2) is 8.80. The largest absolute Gasteiger partial charge is 0.479 e. The first-order chi connectivity index (χ1) is 11.6. The molecule has 1 aromatic rings. The zero-order chi connectivity index (χ0) is 17.4. The highest BCUT2D eigenvalue weighted by molar-refractivity contribution is 5.85. The van der Waals surface area contributed by atoms with E-state index in [0.29, 0.717) is 31.9 Å². The van der Waals surface area contributed by atoms with Crippen LogP contribution in [0, 0.1) is 0 Å². The highest BCUT2D eigenvalue weighted by Gasteiger charge is 2.16. The van der Waals surface area contributed by atoms with Gasteiger partial charge in [0.15, 0.2) is 0 Å². The number of rotatable bonds is 9. The Morgan fingerprint density at radius 1 is 1.17 bits per heavy atom.